The van der Waals surface area contributed by atoms with Crippen molar-refractivity contribution >= 4 is 16.3 Å². The quantitative estimate of drug-likeness (QED) is 0.632. The van der Waals surface area contributed by atoms with E-state index in [1.54, 1.807) is 11.3 Å². The predicted molar refractivity (Wildman–Crippen MR) is 45.0 cm³/mol. The molecule has 0 amide bonds. The molecule has 0 spiro atoms. The standard InChI is InChI=1S/C8H8N2S/c1-2-6(1)7-5-10-3-4-11-8(10)9-7/h3-6H,1-2H2. The molecule has 0 aliphatic heterocycles. The maximum absolute atomic E-state index is 4.52. The SMILES string of the molecule is c1cn2cc(C3CC3)nc2s1. The molecule has 0 atom stereocenters. The van der Waals surface area contributed by atoms with Gasteiger partial charge >= 0.3 is 0 Å². The highest BCUT2D eigenvalue weighted by Gasteiger charge is 2.26. The first kappa shape index (κ1) is 5.77. The Bertz CT molecular complexity index is 355. The summed E-state index contributed by atoms with van der Waals surface area (Å²) in [6.45, 7) is 0. The molecule has 0 bridgehead atoms. The van der Waals surface area contributed by atoms with E-state index >= 15 is 0 Å². The van der Waals surface area contributed by atoms with Crippen LogP contribution in [0.15, 0.2) is 17.8 Å². The summed E-state index contributed by atoms with van der Waals surface area (Å²) in [6.07, 6.45) is 6.90. The van der Waals surface area contributed by atoms with E-state index in [0.29, 0.717) is 0 Å². The molecular formula is C8H8N2S. The second-order valence-electron chi connectivity index (χ2n) is 3.03. The number of hydrogen-bond acceptors (Lipinski definition) is 2. The average Bonchev–Trinajstić information content (AvgIpc) is 2.60. The van der Waals surface area contributed by atoms with Crippen molar-refractivity contribution in [2.75, 3.05) is 0 Å². The third kappa shape index (κ3) is 0.807. The van der Waals surface area contributed by atoms with Gasteiger partial charge in [-0.25, -0.2) is 4.98 Å². The molecule has 3 rings (SSSR count). The van der Waals surface area contributed by atoms with Gasteiger partial charge in [0.05, 0.1) is 5.69 Å². The number of aromatic nitrogens is 2. The van der Waals surface area contributed by atoms with Crippen LogP contribution in [0, 0.1) is 0 Å². The Morgan fingerprint density at radius 3 is 3.18 bits per heavy atom. The van der Waals surface area contributed by atoms with Gasteiger partial charge in [-0.2, -0.15) is 0 Å². The molecule has 0 radical (unpaired) electrons. The fourth-order valence-electron chi connectivity index (χ4n) is 1.32. The van der Waals surface area contributed by atoms with Gasteiger partial charge < -0.3 is 0 Å². The minimum absolute atomic E-state index is 0.780. The molecule has 0 aromatic carbocycles. The van der Waals surface area contributed by atoms with Gasteiger partial charge in [0.25, 0.3) is 0 Å². The summed E-state index contributed by atoms with van der Waals surface area (Å²) in [5.74, 6) is 0.780. The first-order valence-electron chi connectivity index (χ1n) is 3.85. The van der Waals surface area contributed by atoms with E-state index in [2.05, 4.69) is 27.2 Å². The first-order valence-corrected chi connectivity index (χ1v) is 4.73. The summed E-state index contributed by atoms with van der Waals surface area (Å²) >= 11 is 1.71. The van der Waals surface area contributed by atoms with E-state index < -0.39 is 0 Å². The molecule has 1 fully saturated rings. The van der Waals surface area contributed by atoms with Gasteiger partial charge in [-0.3, -0.25) is 4.40 Å². The molecule has 2 heterocycles. The van der Waals surface area contributed by atoms with Gasteiger partial charge in [0, 0.05) is 23.7 Å². The summed E-state index contributed by atoms with van der Waals surface area (Å²) in [6, 6.07) is 0. The fraction of sp³-hybridized carbons (Fsp3) is 0.375. The maximum atomic E-state index is 4.52. The van der Waals surface area contributed by atoms with E-state index in [9.17, 15) is 0 Å². The van der Waals surface area contributed by atoms with Crippen molar-refractivity contribution in [2.45, 2.75) is 18.8 Å². The topological polar surface area (TPSA) is 17.3 Å². The first-order chi connectivity index (χ1) is 5.43. The number of rotatable bonds is 1. The van der Waals surface area contributed by atoms with Crippen molar-refractivity contribution in [1.82, 2.24) is 9.38 Å². The van der Waals surface area contributed by atoms with Crippen LogP contribution < -0.4 is 0 Å². The van der Waals surface area contributed by atoms with Crippen molar-refractivity contribution in [3.63, 3.8) is 0 Å². The third-order valence-corrected chi connectivity index (χ3v) is 2.88. The molecule has 1 aliphatic carbocycles. The molecular weight excluding hydrogens is 156 g/mol. The van der Waals surface area contributed by atoms with E-state index in [1.807, 2.05) is 0 Å². The fourth-order valence-corrected chi connectivity index (χ4v) is 2.03. The minimum Gasteiger partial charge on any atom is -0.297 e. The second-order valence-corrected chi connectivity index (χ2v) is 3.91. The van der Waals surface area contributed by atoms with E-state index in [4.69, 9.17) is 0 Å². The Kier molecular flexibility index (Phi) is 0.973. The van der Waals surface area contributed by atoms with Gasteiger partial charge in [-0.15, -0.1) is 11.3 Å². The number of nitrogens with zero attached hydrogens (tertiary/aromatic N) is 2. The molecule has 0 saturated heterocycles. The number of fused-ring (bicyclic) bond motifs is 1. The van der Waals surface area contributed by atoms with Crippen molar-refractivity contribution < 1.29 is 0 Å². The molecule has 0 N–H and O–H groups in total. The maximum Gasteiger partial charge on any atom is 0.193 e. The lowest BCUT2D eigenvalue weighted by Gasteiger charge is -1.82. The Hall–Kier alpha value is -0.830. The van der Waals surface area contributed by atoms with Gasteiger partial charge in [0.15, 0.2) is 4.96 Å². The molecule has 0 unspecified atom stereocenters. The molecule has 1 saturated carbocycles. The lowest BCUT2D eigenvalue weighted by Crippen LogP contribution is -1.74. The zero-order chi connectivity index (χ0) is 7.26. The Balaban J connectivity index is 2.22. The summed E-state index contributed by atoms with van der Waals surface area (Å²) in [4.78, 5) is 5.65. The monoisotopic (exact) mass is 164 g/mol. The molecule has 11 heavy (non-hydrogen) atoms. The smallest absolute Gasteiger partial charge is 0.193 e. The van der Waals surface area contributed by atoms with Crippen LogP contribution in [-0.4, -0.2) is 9.38 Å². The van der Waals surface area contributed by atoms with Crippen LogP contribution in [0.4, 0.5) is 0 Å². The zero-order valence-corrected chi connectivity index (χ0v) is 6.84. The highest BCUT2D eigenvalue weighted by Crippen LogP contribution is 2.39. The molecule has 2 aromatic rings. The Labute approximate surface area is 68.5 Å². The summed E-state index contributed by atoms with van der Waals surface area (Å²) in [7, 11) is 0. The van der Waals surface area contributed by atoms with Crippen LogP contribution in [0.25, 0.3) is 4.96 Å². The predicted octanol–water partition coefficient (Wildman–Crippen LogP) is 2.27. The molecule has 1 aliphatic rings. The van der Waals surface area contributed by atoms with Gasteiger partial charge in [-0.05, 0) is 12.8 Å². The van der Waals surface area contributed by atoms with Crippen LogP contribution >= 0.6 is 11.3 Å². The van der Waals surface area contributed by atoms with Gasteiger partial charge in [-0.1, -0.05) is 0 Å². The van der Waals surface area contributed by atoms with Crippen LogP contribution in [0.5, 0.6) is 0 Å². The molecule has 2 aromatic heterocycles. The van der Waals surface area contributed by atoms with Crippen molar-refractivity contribution in [3.05, 3.63) is 23.5 Å². The van der Waals surface area contributed by atoms with Gasteiger partial charge in [0.1, 0.15) is 0 Å². The second kappa shape index (κ2) is 1.85. The molecule has 56 valence electrons. The summed E-state index contributed by atoms with van der Waals surface area (Å²) < 4.78 is 2.11. The third-order valence-electron chi connectivity index (χ3n) is 2.11. The van der Waals surface area contributed by atoms with Crippen molar-refractivity contribution in [2.24, 2.45) is 0 Å². The van der Waals surface area contributed by atoms with E-state index in [1.165, 1.54) is 18.5 Å². The molecule has 2 nitrogen and oxygen atoms in total. The minimum atomic E-state index is 0.780. The number of imidazole rings is 1. The van der Waals surface area contributed by atoms with Crippen molar-refractivity contribution in [1.29, 1.82) is 0 Å². The highest BCUT2D eigenvalue weighted by molar-refractivity contribution is 7.15. The summed E-state index contributed by atoms with van der Waals surface area (Å²) in [5, 5.41) is 2.07. The zero-order valence-electron chi connectivity index (χ0n) is 6.03. The Morgan fingerprint density at radius 2 is 2.45 bits per heavy atom. The summed E-state index contributed by atoms with van der Waals surface area (Å²) in [5.41, 5.74) is 1.29. The highest BCUT2D eigenvalue weighted by atomic mass is 32.1. The van der Waals surface area contributed by atoms with Crippen molar-refractivity contribution in [3.8, 4) is 0 Å². The van der Waals surface area contributed by atoms with Crippen LogP contribution in [0.2, 0.25) is 0 Å². The largest absolute Gasteiger partial charge is 0.297 e. The number of thiazole rings is 1. The average molecular weight is 164 g/mol. The normalized spacial score (nSPS) is 17.8. The van der Waals surface area contributed by atoms with E-state index in [-0.39, 0.29) is 0 Å². The van der Waals surface area contributed by atoms with E-state index in [0.717, 1.165) is 10.9 Å². The van der Waals surface area contributed by atoms with Crippen LogP contribution in [-0.2, 0) is 0 Å². The van der Waals surface area contributed by atoms with Gasteiger partial charge in [0.2, 0.25) is 0 Å². The van der Waals surface area contributed by atoms with Crippen LogP contribution in [0.1, 0.15) is 24.5 Å². The Morgan fingerprint density at radius 1 is 1.55 bits per heavy atom. The molecule has 3 heteroatoms. The lowest BCUT2D eigenvalue weighted by atomic mass is 10.3. The number of hydrogen-bond donors (Lipinski definition) is 0. The van der Waals surface area contributed by atoms with Crippen LogP contribution in [0.3, 0.4) is 0 Å². The lowest BCUT2D eigenvalue weighted by molar-refractivity contribution is 1.06.